The molecular formula is C42H72N4O12. The van der Waals surface area contributed by atoms with E-state index in [1.165, 1.54) is 0 Å². The summed E-state index contributed by atoms with van der Waals surface area (Å²) in [6.07, 6.45) is 4.69. The Bertz CT molecular complexity index is 1240. The lowest BCUT2D eigenvalue weighted by atomic mass is 9.82. The number of nitrogens with one attached hydrogen (secondary N) is 4. The Hall–Kier alpha value is -4.50. The monoisotopic (exact) mass is 825 g/mol. The van der Waals surface area contributed by atoms with Crippen molar-refractivity contribution in [3.05, 3.63) is 24.3 Å². The quantitative estimate of drug-likeness (QED) is 0.0307. The number of carbonyl (C=O) groups is 6. The molecule has 1 saturated carbocycles. The third-order valence-corrected chi connectivity index (χ3v) is 9.70. The van der Waals surface area contributed by atoms with Crippen LogP contribution in [0, 0.1) is 34.5 Å². The van der Waals surface area contributed by atoms with Crippen molar-refractivity contribution < 1.29 is 57.2 Å². The van der Waals surface area contributed by atoms with Gasteiger partial charge in [-0.25, -0.2) is 28.8 Å². The fourth-order valence-electron chi connectivity index (χ4n) is 6.64. The Morgan fingerprint density at radius 3 is 1.17 bits per heavy atom. The second-order valence-corrected chi connectivity index (χ2v) is 17.3. The van der Waals surface area contributed by atoms with Crippen molar-refractivity contribution in [2.75, 3.05) is 65.8 Å². The van der Waals surface area contributed by atoms with Gasteiger partial charge in [-0.05, 0) is 99.7 Å². The van der Waals surface area contributed by atoms with E-state index in [0.29, 0.717) is 39.4 Å². The molecule has 0 heterocycles. The molecule has 0 spiro atoms. The molecule has 2 atom stereocenters. The summed E-state index contributed by atoms with van der Waals surface area (Å²) >= 11 is 0. The average molecular weight is 825 g/mol. The summed E-state index contributed by atoms with van der Waals surface area (Å²) in [5.74, 6) is 0.0469. The van der Waals surface area contributed by atoms with Crippen LogP contribution in [0.1, 0.15) is 107 Å². The molecular weight excluding hydrogens is 752 g/mol. The summed E-state index contributed by atoms with van der Waals surface area (Å²) in [6, 6.07) is 0. The van der Waals surface area contributed by atoms with Gasteiger partial charge in [-0.2, -0.15) is 0 Å². The molecule has 58 heavy (non-hydrogen) atoms. The van der Waals surface area contributed by atoms with Gasteiger partial charge in [0.1, 0.15) is 26.4 Å². The van der Waals surface area contributed by atoms with Gasteiger partial charge < -0.3 is 49.7 Å². The minimum atomic E-state index is -0.578. The largest absolute Gasteiger partial charge is 0.459 e. The van der Waals surface area contributed by atoms with E-state index in [0.717, 1.165) is 51.4 Å². The molecule has 0 bridgehead atoms. The van der Waals surface area contributed by atoms with Crippen LogP contribution in [0.4, 0.5) is 19.2 Å². The molecule has 0 aliphatic heterocycles. The van der Waals surface area contributed by atoms with Crippen LogP contribution in [0.25, 0.3) is 0 Å². The number of amides is 4. The molecule has 16 nitrogen and oxygen atoms in total. The number of carbonyl (C=O) groups excluding carboxylic acids is 6. The van der Waals surface area contributed by atoms with Gasteiger partial charge in [-0.15, -0.1) is 0 Å². The SMILES string of the molecule is C=C(C)C(=O)OCCOC(=O)NCC(C)(C)CC(C)CCNC(=O)OCC1CCC(COC(=O)NCCC(C)CC(C)(C)CNC(=O)OCCOC(=O)C(=C)C)CC1. The van der Waals surface area contributed by atoms with Crippen LogP contribution in [0.2, 0.25) is 0 Å². The maximum Gasteiger partial charge on any atom is 0.407 e. The summed E-state index contributed by atoms with van der Waals surface area (Å²) < 4.78 is 30.9. The topological polar surface area (TPSA) is 206 Å². The maximum absolute atomic E-state index is 12.3. The van der Waals surface area contributed by atoms with Crippen molar-refractivity contribution in [1.29, 1.82) is 0 Å². The minimum Gasteiger partial charge on any atom is -0.459 e. The fourth-order valence-corrected chi connectivity index (χ4v) is 6.64. The lowest BCUT2D eigenvalue weighted by molar-refractivity contribution is -0.140. The lowest BCUT2D eigenvalue weighted by Gasteiger charge is -2.29. The van der Waals surface area contributed by atoms with Crippen LogP contribution < -0.4 is 21.3 Å². The molecule has 1 aliphatic rings. The van der Waals surface area contributed by atoms with Gasteiger partial charge in [-0.1, -0.05) is 54.7 Å². The first-order chi connectivity index (χ1) is 27.2. The van der Waals surface area contributed by atoms with Crippen LogP contribution in [0.15, 0.2) is 24.3 Å². The molecule has 0 aromatic heterocycles. The summed E-state index contributed by atoms with van der Waals surface area (Å²) in [4.78, 5) is 71.4. The van der Waals surface area contributed by atoms with Gasteiger partial charge >= 0.3 is 36.3 Å². The number of hydrogen-bond donors (Lipinski definition) is 4. The van der Waals surface area contributed by atoms with Gasteiger partial charge in [-0.3, -0.25) is 0 Å². The van der Waals surface area contributed by atoms with Crippen molar-refractivity contribution in [3.63, 3.8) is 0 Å². The van der Waals surface area contributed by atoms with E-state index in [1.807, 2.05) is 27.7 Å². The van der Waals surface area contributed by atoms with E-state index >= 15 is 0 Å². The molecule has 0 aromatic rings. The predicted octanol–water partition coefficient (Wildman–Crippen LogP) is 6.82. The second kappa shape index (κ2) is 27.2. The molecule has 0 aromatic carbocycles. The second-order valence-electron chi connectivity index (χ2n) is 17.3. The molecule has 0 saturated heterocycles. The number of rotatable bonds is 26. The zero-order valence-corrected chi connectivity index (χ0v) is 36.4. The molecule has 1 fully saturated rings. The molecule has 4 N–H and O–H groups in total. The van der Waals surface area contributed by atoms with Crippen LogP contribution >= 0.6 is 0 Å². The Kier molecular flexibility index (Phi) is 24.2. The first kappa shape index (κ1) is 51.5. The highest BCUT2D eigenvalue weighted by molar-refractivity contribution is 5.87. The summed E-state index contributed by atoms with van der Waals surface area (Å²) in [5.41, 5.74) is 0.153. The molecule has 332 valence electrons. The fraction of sp³-hybridized carbons (Fsp3) is 0.762. The highest BCUT2D eigenvalue weighted by Crippen LogP contribution is 2.30. The van der Waals surface area contributed by atoms with E-state index in [2.05, 4.69) is 48.3 Å². The van der Waals surface area contributed by atoms with E-state index in [4.69, 9.17) is 28.4 Å². The summed E-state index contributed by atoms with van der Waals surface area (Å²) in [6.45, 7) is 24.8. The van der Waals surface area contributed by atoms with Crippen LogP contribution in [0.3, 0.4) is 0 Å². The normalized spacial score (nSPS) is 16.3. The van der Waals surface area contributed by atoms with Gasteiger partial charge in [0.15, 0.2) is 0 Å². The zero-order valence-electron chi connectivity index (χ0n) is 36.4. The number of ether oxygens (including phenoxy) is 6. The van der Waals surface area contributed by atoms with Crippen LogP contribution in [0.5, 0.6) is 0 Å². The first-order valence-corrected chi connectivity index (χ1v) is 20.5. The Morgan fingerprint density at radius 1 is 0.534 bits per heavy atom. The van der Waals surface area contributed by atoms with Crippen molar-refractivity contribution in [3.8, 4) is 0 Å². The van der Waals surface area contributed by atoms with Crippen molar-refractivity contribution in [2.24, 2.45) is 34.5 Å². The average Bonchev–Trinajstić information content (AvgIpc) is 3.14. The van der Waals surface area contributed by atoms with E-state index in [1.54, 1.807) is 13.8 Å². The van der Waals surface area contributed by atoms with Crippen LogP contribution in [-0.4, -0.2) is 102 Å². The van der Waals surface area contributed by atoms with Crippen molar-refractivity contribution in [1.82, 2.24) is 21.3 Å². The number of esters is 2. The van der Waals surface area contributed by atoms with Crippen molar-refractivity contribution in [2.45, 2.75) is 107 Å². The lowest BCUT2D eigenvalue weighted by Crippen LogP contribution is -2.36. The van der Waals surface area contributed by atoms with E-state index in [9.17, 15) is 28.8 Å². The minimum absolute atomic E-state index is 0.0382. The van der Waals surface area contributed by atoms with Gasteiger partial charge in [0.2, 0.25) is 0 Å². The molecule has 1 rings (SSSR count). The third kappa shape index (κ3) is 25.7. The number of hydrogen-bond acceptors (Lipinski definition) is 12. The molecule has 16 heteroatoms. The van der Waals surface area contributed by atoms with Crippen LogP contribution in [-0.2, 0) is 38.0 Å². The predicted molar refractivity (Wildman–Crippen MR) is 219 cm³/mol. The Balaban J connectivity index is 2.14. The number of alkyl carbamates (subject to hydrolysis) is 4. The maximum atomic E-state index is 12.3. The van der Waals surface area contributed by atoms with E-state index < -0.39 is 36.3 Å². The molecule has 2 unspecified atom stereocenters. The summed E-state index contributed by atoms with van der Waals surface area (Å²) in [7, 11) is 0. The van der Waals surface area contributed by atoms with Crippen molar-refractivity contribution >= 4 is 36.3 Å². The first-order valence-electron chi connectivity index (χ1n) is 20.5. The van der Waals surface area contributed by atoms with Gasteiger partial charge in [0.05, 0.1) is 13.2 Å². The third-order valence-electron chi connectivity index (χ3n) is 9.70. The smallest absolute Gasteiger partial charge is 0.407 e. The molecule has 1 aliphatic carbocycles. The zero-order chi connectivity index (χ0) is 43.7. The van der Waals surface area contributed by atoms with E-state index in [-0.39, 0.29) is 72.1 Å². The highest BCUT2D eigenvalue weighted by Gasteiger charge is 2.26. The highest BCUT2D eigenvalue weighted by atomic mass is 16.6. The molecule has 4 amide bonds. The Morgan fingerprint density at radius 2 is 0.845 bits per heavy atom. The Labute approximate surface area is 345 Å². The molecule has 0 radical (unpaired) electrons. The summed E-state index contributed by atoms with van der Waals surface area (Å²) in [5, 5.41) is 11.2. The van der Waals surface area contributed by atoms with Gasteiger partial charge in [0.25, 0.3) is 0 Å². The standard InChI is InChI=1S/C42H72N4O12/c1-29(2)35(47)53-19-21-55-39(51)45-27-41(7,8)23-31(5)15-17-43-37(49)57-25-33-11-13-34(14-12-33)26-58-38(50)44-18-16-32(6)24-42(9,10)28-46-40(52)56-22-20-54-36(48)30(3)4/h31-34H,1,3,11-28H2,2,4-10H3,(H,43,49)(H,44,50)(H,45,51)(H,46,52). The van der Waals surface area contributed by atoms with Gasteiger partial charge in [0, 0.05) is 37.3 Å².